The molecule has 1 rings (SSSR count). The molecule has 0 aromatic heterocycles. The van der Waals surface area contributed by atoms with E-state index in [1.165, 1.54) is 12.1 Å². The number of carboxylic acid groups (broad SMARTS) is 1. The van der Waals surface area contributed by atoms with Crippen LogP contribution in [0.2, 0.25) is 0 Å². The van der Waals surface area contributed by atoms with Crippen LogP contribution in [0.3, 0.4) is 0 Å². The van der Waals surface area contributed by atoms with Crippen molar-refractivity contribution in [2.24, 2.45) is 0 Å². The molecule has 0 saturated heterocycles. The number of alkyl halides is 1. The Morgan fingerprint density at radius 1 is 1.60 bits per heavy atom. The van der Waals surface area contributed by atoms with E-state index in [0.717, 1.165) is 6.07 Å². The van der Waals surface area contributed by atoms with Crippen LogP contribution in [0.25, 0.3) is 0 Å². The van der Waals surface area contributed by atoms with Crippen molar-refractivity contribution in [3.05, 3.63) is 28.5 Å². The van der Waals surface area contributed by atoms with Gasteiger partial charge in [0.2, 0.25) is 6.10 Å². The van der Waals surface area contributed by atoms with Crippen LogP contribution < -0.4 is 4.74 Å². The molecule has 0 radical (unpaired) electrons. The van der Waals surface area contributed by atoms with E-state index in [1.807, 2.05) is 0 Å². The van der Waals surface area contributed by atoms with Gasteiger partial charge in [-0.15, -0.1) is 0 Å². The highest BCUT2D eigenvalue weighted by molar-refractivity contribution is 9.10. The summed E-state index contributed by atoms with van der Waals surface area (Å²) >= 11 is 3.02. The minimum absolute atomic E-state index is 0.289. The zero-order valence-electron chi connectivity index (χ0n) is 7.41. The molecule has 15 heavy (non-hydrogen) atoms. The number of halogens is 3. The van der Waals surface area contributed by atoms with Gasteiger partial charge in [0, 0.05) is 4.47 Å². The standard InChI is InChI=1S/C9H7BrF2O3/c10-5-1-2-7(6(12)3-5)15-8(4-11)9(13)14/h1-3,8H,4H2,(H,13,14)/t8-/m0/s1. The van der Waals surface area contributed by atoms with Gasteiger partial charge in [-0.3, -0.25) is 0 Å². The van der Waals surface area contributed by atoms with Gasteiger partial charge in [-0.05, 0) is 18.2 Å². The monoisotopic (exact) mass is 280 g/mol. The average molecular weight is 281 g/mol. The quantitative estimate of drug-likeness (QED) is 0.921. The van der Waals surface area contributed by atoms with Crippen LogP contribution in [0.1, 0.15) is 0 Å². The molecule has 0 aliphatic carbocycles. The molecule has 0 amide bonds. The van der Waals surface area contributed by atoms with E-state index in [2.05, 4.69) is 20.7 Å². The predicted molar refractivity (Wildman–Crippen MR) is 52.1 cm³/mol. The van der Waals surface area contributed by atoms with Gasteiger partial charge in [-0.2, -0.15) is 0 Å². The lowest BCUT2D eigenvalue weighted by Crippen LogP contribution is -2.29. The lowest BCUT2D eigenvalue weighted by atomic mass is 10.3. The maximum Gasteiger partial charge on any atom is 0.347 e. The highest BCUT2D eigenvalue weighted by atomic mass is 79.9. The number of carboxylic acids is 1. The summed E-state index contributed by atoms with van der Waals surface area (Å²) in [6.07, 6.45) is -1.68. The molecule has 0 aliphatic rings. The zero-order chi connectivity index (χ0) is 11.4. The second-order valence-corrected chi connectivity index (χ2v) is 3.59. The molecular weight excluding hydrogens is 274 g/mol. The van der Waals surface area contributed by atoms with E-state index in [-0.39, 0.29) is 5.75 Å². The number of hydrogen-bond acceptors (Lipinski definition) is 2. The highest BCUT2D eigenvalue weighted by Crippen LogP contribution is 2.22. The number of benzene rings is 1. The van der Waals surface area contributed by atoms with Gasteiger partial charge in [0.15, 0.2) is 11.6 Å². The zero-order valence-corrected chi connectivity index (χ0v) is 9.00. The largest absolute Gasteiger partial charge is 0.478 e. The maximum absolute atomic E-state index is 13.1. The van der Waals surface area contributed by atoms with E-state index < -0.39 is 24.6 Å². The maximum atomic E-state index is 13.1. The van der Waals surface area contributed by atoms with Crippen molar-refractivity contribution in [3.8, 4) is 5.75 Å². The van der Waals surface area contributed by atoms with Crippen molar-refractivity contribution in [2.75, 3.05) is 6.67 Å². The molecule has 0 unspecified atom stereocenters. The van der Waals surface area contributed by atoms with Crippen LogP contribution in [0.4, 0.5) is 8.78 Å². The topological polar surface area (TPSA) is 46.5 Å². The number of carbonyl (C=O) groups is 1. The lowest BCUT2D eigenvalue weighted by molar-refractivity contribution is -0.145. The lowest BCUT2D eigenvalue weighted by Gasteiger charge is -2.12. The van der Waals surface area contributed by atoms with Crippen LogP contribution >= 0.6 is 15.9 Å². The fourth-order valence-corrected chi connectivity index (χ4v) is 1.21. The van der Waals surface area contributed by atoms with E-state index in [1.54, 1.807) is 0 Å². The third kappa shape index (κ3) is 3.16. The predicted octanol–water partition coefficient (Wildman–Crippen LogP) is 2.39. The fourth-order valence-electron chi connectivity index (χ4n) is 0.872. The Hall–Kier alpha value is -1.17. The van der Waals surface area contributed by atoms with Gasteiger partial charge in [0.1, 0.15) is 6.67 Å². The number of ether oxygens (including phenoxy) is 1. The van der Waals surface area contributed by atoms with Crippen molar-refractivity contribution in [2.45, 2.75) is 6.10 Å². The van der Waals surface area contributed by atoms with Crippen molar-refractivity contribution >= 4 is 21.9 Å². The first-order valence-electron chi connectivity index (χ1n) is 3.95. The van der Waals surface area contributed by atoms with Gasteiger partial charge in [0.25, 0.3) is 0 Å². The summed E-state index contributed by atoms with van der Waals surface area (Å²) in [4.78, 5) is 10.4. The molecule has 6 heteroatoms. The Labute approximate surface area is 92.8 Å². The van der Waals surface area contributed by atoms with Gasteiger partial charge >= 0.3 is 5.97 Å². The molecule has 1 aromatic rings. The molecule has 0 fully saturated rings. The summed E-state index contributed by atoms with van der Waals surface area (Å²) in [5, 5.41) is 8.48. The first kappa shape index (κ1) is 11.9. The summed E-state index contributed by atoms with van der Waals surface area (Å²) in [6, 6.07) is 3.80. The van der Waals surface area contributed by atoms with Crippen LogP contribution in [0.5, 0.6) is 5.75 Å². The average Bonchev–Trinajstić information content (AvgIpc) is 2.16. The van der Waals surface area contributed by atoms with Crippen molar-refractivity contribution in [1.82, 2.24) is 0 Å². The second kappa shape index (κ2) is 5.06. The molecule has 1 N–H and O–H groups in total. The highest BCUT2D eigenvalue weighted by Gasteiger charge is 2.20. The minimum Gasteiger partial charge on any atom is -0.478 e. The summed E-state index contributed by atoms with van der Waals surface area (Å²) in [5.74, 6) is -2.51. The molecule has 1 aromatic carbocycles. The SMILES string of the molecule is O=C(O)[C@H](CF)Oc1ccc(Br)cc1F. The molecule has 0 aliphatic heterocycles. The Morgan fingerprint density at radius 3 is 2.73 bits per heavy atom. The van der Waals surface area contributed by atoms with E-state index in [4.69, 9.17) is 5.11 Å². The molecule has 0 heterocycles. The van der Waals surface area contributed by atoms with Crippen LogP contribution in [0.15, 0.2) is 22.7 Å². The van der Waals surface area contributed by atoms with Crippen molar-refractivity contribution in [1.29, 1.82) is 0 Å². The molecule has 1 atom stereocenters. The first-order chi connectivity index (χ1) is 7.04. The first-order valence-corrected chi connectivity index (χ1v) is 4.74. The van der Waals surface area contributed by atoms with Gasteiger partial charge < -0.3 is 9.84 Å². The summed E-state index contributed by atoms with van der Waals surface area (Å²) < 4.78 is 30.4. The number of rotatable bonds is 4. The van der Waals surface area contributed by atoms with Crippen molar-refractivity contribution in [3.63, 3.8) is 0 Å². The van der Waals surface area contributed by atoms with E-state index in [9.17, 15) is 13.6 Å². The molecule has 0 bridgehead atoms. The van der Waals surface area contributed by atoms with Gasteiger partial charge in [-0.25, -0.2) is 13.6 Å². The number of aliphatic carboxylic acids is 1. The second-order valence-electron chi connectivity index (χ2n) is 2.67. The Morgan fingerprint density at radius 2 is 2.27 bits per heavy atom. The fraction of sp³-hybridized carbons (Fsp3) is 0.222. The molecule has 0 saturated carbocycles. The van der Waals surface area contributed by atoms with Crippen LogP contribution in [-0.2, 0) is 4.79 Å². The van der Waals surface area contributed by atoms with Gasteiger partial charge in [0.05, 0.1) is 0 Å². The van der Waals surface area contributed by atoms with Crippen LogP contribution in [-0.4, -0.2) is 23.9 Å². The smallest absolute Gasteiger partial charge is 0.347 e. The Bertz CT molecular complexity index is 370. The van der Waals surface area contributed by atoms with E-state index in [0.29, 0.717) is 4.47 Å². The van der Waals surface area contributed by atoms with Crippen LogP contribution in [0, 0.1) is 5.82 Å². The molecular formula is C9H7BrF2O3. The Balaban J connectivity index is 2.84. The third-order valence-electron chi connectivity index (χ3n) is 1.58. The summed E-state index contributed by atoms with van der Waals surface area (Å²) in [6.45, 7) is -1.22. The summed E-state index contributed by atoms with van der Waals surface area (Å²) in [5.41, 5.74) is 0. The minimum atomic E-state index is -1.68. The number of hydrogen-bond donors (Lipinski definition) is 1. The molecule has 0 spiro atoms. The van der Waals surface area contributed by atoms with Crippen molar-refractivity contribution < 1.29 is 23.4 Å². The third-order valence-corrected chi connectivity index (χ3v) is 2.07. The molecule has 82 valence electrons. The Kier molecular flexibility index (Phi) is 4.02. The normalized spacial score (nSPS) is 12.2. The van der Waals surface area contributed by atoms with E-state index >= 15 is 0 Å². The van der Waals surface area contributed by atoms with Gasteiger partial charge in [-0.1, -0.05) is 15.9 Å². The summed E-state index contributed by atoms with van der Waals surface area (Å²) in [7, 11) is 0. The molecule has 3 nitrogen and oxygen atoms in total.